The first-order valence-electron chi connectivity index (χ1n) is 5.70. The van der Waals surface area contributed by atoms with Crippen molar-refractivity contribution in [2.24, 2.45) is 5.92 Å². The van der Waals surface area contributed by atoms with E-state index in [9.17, 15) is 14.9 Å². The molecule has 2 N–H and O–H groups in total. The summed E-state index contributed by atoms with van der Waals surface area (Å²) >= 11 is 0. The molecule has 1 unspecified atom stereocenters. The summed E-state index contributed by atoms with van der Waals surface area (Å²) in [6.45, 7) is 3.14. The van der Waals surface area contributed by atoms with Gasteiger partial charge in [0.05, 0.1) is 11.5 Å². The van der Waals surface area contributed by atoms with E-state index in [2.05, 4.69) is 5.32 Å². The number of carboxylic acids is 1. The van der Waals surface area contributed by atoms with Crippen LogP contribution in [0.5, 0.6) is 0 Å². The first kappa shape index (κ1) is 14.9. The maximum absolute atomic E-state index is 11.0. The van der Waals surface area contributed by atoms with Crippen molar-refractivity contribution >= 4 is 17.3 Å². The van der Waals surface area contributed by atoms with Crippen LogP contribution in [0, 0.1) is 16.0 Å². The smallest absolute Gasteiger partial charge is 0.342 e. The second-order valence-electron chi connectivity index (χ2n) is 4.24. The number of nitrogens with one attached hydrogen (secondary N) is 1. The topological polar surface area (TPSA) is 102 Å². The SMILES string of the molecule is COCC(C)CNc1ccc([N+](=O)[O-])c(C(=O)O)c1. The van der Waals surface area contributed by atoms with Gasteiger partial charge in [0.2, 0.25) is 0 Å². The monoisotopic (exact) mass is 268 g/mol. The van der Waals surface area contributed by atoms with Crippen LogP contribution in [0.25, 0.3) is 0 Å². The average Bonchev–Trinajstić information content (AvgIpc) is 2.36. The Morgan fingerprint density at radius 2 is 2.26 bits per heavy atom. The number of ether oxygens (including phenoxy) is 1. The summed E-state index contributed by atoms with van der Waals surface area (Å²) in [7, 11) is 1.60. The maximum atomic E-state index is 11.0. The lowest BCUT2D eigenvalue weighted by molar-refractivity contribution is -0.385. The summed E-state index contributed by atoms with van der Waals surface area (Å²) in [5, 5.41) is 22.7. The highest BCUT2D eigenvalue weighted by atomic mass is 16.6. The van der Waals surface area contributed by atoms with E-state index >= 15 is 0 Å². The molecule has 1 aromatic carbocycles. The molecule has 0 amide bonds. The molecule has 0 bridgehead atoms. The predicted octanol–water partition coefficient (Wildman–Crippen LogP) is 1.99. The molecule has 0 saturated carbocycles. The first-order chi connectivity index (χ1) is 8.95. The van der Waals surface area contributed by atoms with Crippen LogP contribution in [0.2, 0.25) is 0 Å². The number of nitro groups is 1. The third-order valence-electron chi connectivity index (χ3n) is 2.53. The second-order valence-corrected chi connectivity index (χ2v) is 4.24. The number of anilines is 1. The highest BCUT2D eigenvalue weighted by Gasteiger charge is 2.19. The lowest BCUT2D eigenvalue weighted by Crippen LogP contribution is -2.16. The summed E-state index contributed by atoms with van der Waals surface area (Å²) in [6, 6.07) is 3.94. The molecule has 0 aromatic heterocycles. The van der Waals surface area contributed by atoms with Crippen molar-refractivity contribution in [3.05, 3.63) is 33.9 Å². The molecule has 0 radical (unpaired) electrons. The number of carboxylic acid groups (broad SMARTS) is 1. The molecular formula is C12H16N2O5. The number of hydrogen-bond donors (Lipinski definition) is 2. The first-order valence-corrected chi connectivity index (χ1v) is 5.70. The van der Waals surface area contributed by atoms with Crippen LogP contribution in [-0.2, 0) is 4.74 Å². The van der Waals surface area contributed by atoms with Gasteiger partial charge in [-0.15, -0.1) is 0 Å². The van der Waals surface area contributed by atoms with Crippen LogP contribution in [0.1, 0.15) is 17.3 Å². The fourth-order valence-electron chi connectivity index (χ4n) is 1.61. The van der Waals surface area contributed by atoms with Gasteiger partial charge >= 0.3 is 5.97 Å². The van der Waals surface area contributed by atoms with Gasteiger partial charge in [-0.25, -0.2) is 4.79 Å². The number of nitrogens with zero attached hydrogens (tertiary/aromatic N) is 1. The molecule has 0 spiro atoms. The molecule has 19 heavy (non-hydrogen) atoms. The van der Waals surface area contributed by atoms with Crippen molar-refractivity contribution < 1.29 is 19.6 Å². The number of benzene rings is 1. The fraction of sp³-hybridized carbons (Fsp3) is 0.417. The summed E-state index contributed by atoms with van der Waals surface area (Å²) in [5.41, 5.74) is -0.205. The Morgan fingerprint density at radius 3 is 2.79 bits per heavy atom. The molecule has 0 aliphatic rings. The summed E-state index contributed by atoms with van der Waals surface area (Å²) in [4.78, 5) is 21.0. The quantitative estimate of drug-likeness (QED) is 0.579. The van der Waals surface area contributed by atoms with Crippen molar-refractivity contribution in [1.29, 1.82) is 0 Å². The van der Waals surface area contributed by atoms with E-state index in [1.807, 2.05) is 6.92 Å². The van der Waals surface area contributed by atoms with E-state index in [1.165, 1.54) is 18.2 Å². The van der Waals surface area contributed by atoms with E-state index < -0.39 is 16.6 Å². The number of hydrogen-bond acceptors (Lipinski definition) is 5. The maximum Gasteiger partial charge on any atom is 0.342 e. The lowest BCUT2D eigenvalue weighted by Gasteiger charge is -2.12. The molecular weight excluding hydrogens is 252 g/mol. The Balaban J connectivity index is 2.84. The third kappa shape index (κ3) is 4.22. The minimum Gasteiger partial charge on any atom is -0.477 e. The van der Waals surface area contributed by atoms with E-state index in [4.69, 9.17) is 9.84 Å². The van der Waals surface area contributed by atoms with E-state index in [-0.39, 0.29) is 11.5 Å². The Hall–Kier alpha value is -2.15. The molecule has 7 heteroatoms. The number of methoxy groups -OCH3 is 1. The molecule has 1 rings (SSSR count). The molecule has 104 valence electrons. The van der Waals surface area contributed by atoms with Crippen molar-refractivity contribution in [1.82, 2.24) is 0 Å². The van der Waals surface area contributed by atoms with Crippen LogP contribution < -0.4 is 5.32 Å². The van der Waals surface area contributed by atoms with Gasteiger partial charge in [0.15, 0.2) is 0 Å². The summed E-state index contributed by atoms with van der Waals surface area (Å²) in [5.74, 6) is -1.08. The standard InChI is InChI=1S/C12H16N2O5/c1-8(7-19-2)6-13-9-3-4-11(14(17)18)10(5-9)12(15)16/h3-5,8,13H,6-7H2,1-2H3,(H,15,16). The highest BCUT2D eigenvalue weighted by molar-refractivity contribution is 5.93. The van der Waals surface area contributed by atoms with Crippen LogP contribution in [0.4, 0.5) is 11.4 Å². The van der Waals surface area contributed by atoms with Crippen LogP contribution >= 0.6 is 0 Å². The fourth-order valence-corrected chi connectivity index (χ4v) is 1.61. The number of rotatable bonds is 7. The largest absolute Gasteiger partial charge is 0.477 e. The molecule has 0 saturated heterocycles. The van der Waals surface area contributed by atoms with Crippen molar-refractivity contribution in [3.63, 3.8) is 0 Å². The molecule has 1 aromatic rings. The zero-order valence-electron chi connectivity index (χ0n) is 10.8. The minimum absolute atomic E-state index is 0.244. The van der Waals surface area contributed by atoms with Crippen LogP contribution in [-0.4, -0.2) is 36.3 Å². The number of aromatic carboxylic acids is 1. The Kier molecular flexibility index (Phi) is 5.25. The second kappa shape index (κ2) is 6.69. The lowest BCUT2D eigenvalue weighted by atomic mass is 10.1. The minimum atomic E-state index is -1.32. The average molecular weight is 268 g/mol. The third-order valence-corrected chi connectivity index (χ3v) is 2.53. The molecule has 1 atom stereocenters. The molecule has 0 aliphatic heterocycles. The zero-order chi connectivity index (χ0) is 14.4. The molecule has 0 fully saturated rings. The van der Waals surface area contributed by atoms with Crippen molar-refractivity contribution in [3.8, 4) is 0 Å². The molecule has 7 nitrogen and oxygen atoms in total. The van der Waals surface area contributed by atoms with Gasteiger partial charge in [0.1, 0.15) is 5.56 Å². The highest BCUT2D eigenvalue weighted by Crippen LogP contribution is 2.22. The normalized spacial score (nSPS) is 11.9. The van der Waals surface area contributed by atoms with Gasteiger partial charge in [0, 0.05) is 25.4 Å². The van der Waals surface area contributed by atoms with Crippen LogP contribution in [0.15, 0.2) is 18.2 Å². The molecule has 0 aliphatic carbocycles. The van der Waals surface area contributed by atoms with Crippen molar-refractivity contribution in [2.75, 3.05) is 25.6 Å². The van der Waals surface area contributed by atoms with Gasteiger partial charge in [-0.2, -0.15) is 0 Å². The zero-order valence-corrected chi connectivity index (χ0v) is 10.8. The number of carbonyl (C=O) groups is 1. The van der Waals surface area contributed by atoms with E-state index in [0.717, 1.165) is 0 Å². The Bertz CT molecular complexity index is 475. The summed E-state index contributed by atoms with van der Waals surface area (Å²) < 4.78 is 4.98. The van der Waals surface area contributed by atoms with E-state index in [0.29, 0.717) is 18.8 Å². The predicted molar refractivity (Wildman–Crippen MR) is 69.6 cm³/mol. The van der Waals surface area contributed by atoms with Gasteiger partial charge in [-0.1, -0.05) is 6.92 Å². The van der Waals surface area contributed by atoms with Gasteiger partial charge in [-0.05, 0) is 18.1 Å². The Labute approximate surface area is 110 Å². The van der Waals surface area contributed by atoms with Gasteiger partial charge in [-0.3, -0.25) is 10.1 Å². The van der Waals surface area contributed by atoms with Crippen LogP contribution in [0.3, 0.4) is 0 Å². The van der Waals surface area contributed by atoms with E-state index in [1.54, 1.807) is 7.11 Å². The van der Waals surface area contributed by atoms with Crippen molar-refractivity contribution in [2.45, 2.75) is 6.92 Å². The van der Waals surface area contributed by atoms with Gasteiger partial charge in [0.25, 0.3) is 5.69 Å². The van der Waals surface area contributed by atoms with Gasteiger partial charge < -0.3 is 15.2 Å². The Morgan fingerprint density at radius 1 is 1.58 bits per heavy atom. The summed E-state index contributed by atoms with van der Waals surface area (Å²) in [6.07, 6.45) is 0. The number of nitro benzene ring substituents is 1. The molecule has 0 heterocycles.